The molecule has 106 valence electrons. The number of benzene rings is 3. The molecular weight excluding hydrogens is 350 g/mol. The van der Waals surface area contributed by atoms with Crippen LogP contribution in [0.15, 0.2) is 76.1 Å². The average molecular weight is 362 g/mol. The molecule has 0 aliphatic rings. The highest BCUT2D eigenvalue weighted by Crippen LogP contribution is 2.24. The molecule has 3 nitrogen and oxygen atoms in total. The molecule has 3 aromatic carbocycles. The topological polar surface area (TPSA) is 46.2 Å². The highest BCUT2D eigenvalue weighted by molar-refractivity contribution is 9.10. The Labute approximate surface area is 131 Å². The molecule has 3 rings (SSSR count). The van der Waals surface area contributed by atoms with E-state index >= 15 is 0 Å². The van der Waals surface area contributed by atoms with Crippen molar-refractivity contribution >= 4 is 42.4 Å². The van der Waals surface area contributed by atoms with Crippen LogP contribution in [-0.2, 0) is 10.0 Å². The fraction of sp³-hybridized carbons (Fsp3) is 0. The van der Waals surface area contributed by atoms with E-state index < -0.39 is 10.0 Å². The molecule has 0 spiro atoms. The Kier molecular flexibility index (Phi) is 3.69. The number of nitrogens with one attached hydrogen (secondary N) is 1. The minimum absolute atomic E-state index is 0.251. The van der Waals surface area contributed by atoms with Gasteiger partial charge in [0.05, 0.1) is 4.90 Å². The van der Waals surface area contributed by atoms with Gasteiger partial charge < -0.3 is 0 Å². The number of halogens is 1. The molecule has 0 fully saturated rings. The summed E-state index contributed by atoms with van der Waals surface area (Å²) in [5.74, 6) is 0. The standard InChI is InChI=1S/C16H12BrNO2S/c17-14-8-6-13-11-15(9-7-12(13)10-14)18-21(19,20)16-4-2-1-3-5-16/h1-11,18H. The maximum atomic E-state index is 12.3. The van der Waals surface area contributed by atoms with Crippen LogP contribution in [0.5, 0.6) is 0 Å². The second kappa shape index (κ2) is 5.50. The van der Waals surface area contributed by atoms with Crippen molar-refractivity contribution in [1.82, 2.24) is 0 Å². The zero-order chi connectivity index (χ0) is 14.9. The first-order valence-corrected chi connectivity index (χ1v) is 8.59. The Morgan fingerprint density at radius 2 is 1.48 bits per heavy atom. The van der Waals surface area contributed by atoms with Gasteiger partial charge in [0.25, 0.3) is 10.0 Å². The van der Waals surface area contributed by atoms with Crippen LogP contribution in [0.2, 0.25) is 0 Å². The van der Waals surface area contributed by atoms with Gasteiger partial charge in [-0.1, -0.05) is 46.3 Å². The third-order valence-corrected chi connectivity index (χ3v) is 5.00. The van der Waals surface area contributed by atoms with Crippen molar-refractivity contribution in [3.05, 3.63) is 71.2 Å². The smallest absolute Gasteiger partial charge is 0.261 e. The fourth-order valence-electron chi connectivity index (χ4n) is 2.09. The lowest BCUT2D eigenvalue weighted by atomic mass is 10.1. The Bertz CT molecular complexity index is 893. The van der Waals surface area contributed by atoms with Crippen molar-refractivity contribution in [2.45, 2.75) is 4.90 Å². The lowest BCUT2D eigenvalue weighted by Gasteiger charge is -2.09. The summed E-state index contributed by atoms with van der Waals surface area (Å²) < 4.78 is 28.1. The molecule has 0 radical (unpaired) electrons. The third-order valence-electron chi connectivity index (χ3n) is 3.11. The maximum Gasteiger partial charge on any atom is 0.261 e. The van der Waals surface area contributed by atoms with Gasteiger partial charge in [-0.15, -0.1) is 0 Å². The first-order valence-electron chi connectivity index (χ1n) is 6.32. The van der Waals surface area contributed by atoms with E-state index in [0.717, 1.165) is 15.2 Å². The zero-order valence-corrected chi connectivity index (χ0v) is 13.4. The second-order valence-electron chi connectivity index (χ2n) is 4.62. The van der Waals surface area contributed by atoms with Gasteiger partial charge in [-0.25, -0.2) is 8.42 Å². The predicted octanol–water partition coefficient (Wildman–Crippen LogP) is 4.40. The van der Waals surface area contributed by atoms with E-state index in [2.05, 4.69) is 20.7 Å². The molecule has 0 bridgehead atoms. The normalized spacial score (nSPS) is 11.5. The van der Waals surface area contributed by atoms with E-state index in [1.807, 2.05) is 30.3 Å². The van der Waals surface area contributed by atoms with Gasteiger partial charge in [-0.05, 0) is 47.2 Å². The van der Waals surface area contributed by atoms with E-state index in [9.17, 15) is 8.42 Å². The number of fused-ring (bicyclic) bond motifs is 1. The molecule has 0 saturated heterocycles. The van der Waals surface area contributed by atoms with Gasteiger partial charge in [-0.2, -0.15) is 0 Å². The predicted molar refractivity (Wildman–Crippen MR) is 88.9 cm³/mol. The molecule has 0 atom stereocenters. The van der Waals surface area contributed by atoms with E-state index in [0.29, 0.717) is 5.69 Å². The van der Waals surface area contributed by atoms with Gasteiger partial charge >= 0.3 is 0 Å². The number of hydrogen-bond donors (Lipinski definition) is 1. The van der Waals surface area contributed by atoms with Crippen LogP contribution in [0.1, 0.15) is 0 Å². The summed E-state index contributed by atoms with van der Waals surface area (Å²) >= 11 is 3.42. The summed E-state index contributed by atoms with van der Waals surface area (Å²) in [7, 11) is -3.55. The van der Waals surface area contributed by atoms with Crippen LogP contribution in [-0.4, -0.2) is 8.42 Å². The van der Waals surface area contributed by atoms with Crippen molar-refractivity contribution in [2.75, 3.05) is 4.72 Å². The fourth-order valence-corrected chi connectivity index (χ4v) is 3.54. The quantitative estimate of drug-likeness (QED) is 0.751. The molecule has 0 heterocycles. The Balaban J connectivity index is 1.97. The molecule has 21 heavy (non-hydrogen) atoms. The van der Waals surface area contributed by atoms with Crippen molar-refractivity contribution in [3.63, 3.8) is 0 Å². The Morgan fingerprint density at radius 1 is 0.810 bits per heavy atom. The zero-order valence-electron chi connectivity index (χ0n) is 11.0. The summed E-state index contributed by atoms with van der Waals surface area (Å²) in [4.78, 5) is 0.251. The van der Waals surface area contributed by atoms with Crippen LogP contribution < -0.4 is 4.72 Å². The van der Waals surface area contributed by atoms with Gasteiger partial charge in [-0.3, -0.25) is 4.72 Å². The molecule has 3 aromatic rings. The summed E-state index contributed by atoms with van der Waals surface area (Å²) in [6.07, 6.45) is 0. The molecule has 0 aliphatic heterocycles. The van der Waals surface area contributed by atoms with Crippen molar-refractivity contribution < 1.29 is 8.42 Å². The highest BCUT2D eigenvalue weighted by atomic mass is 79.9. The van der Waals surface area contributed by atoms with Crippen molar-refractivity contribution in [3.8, 4) is 0 Å². The molecule has 5 heteroatoms. The highest BCUT2D eigenvalue weighted by Gasteiger charge is 2.13. The number of rotatable bonds is 3. The number of sulfonamides is 1. The Hall–Kier alpha value is -1.85. The lowest BCUT2D eigenvalue weighted by molar-refractivity contribution is 0.601. The third kappa shape index (κ3) is 3.09. The van der Waals surface area contributed by atoms with Gasteiger partial charge in [0.1, 0.15) is 0 Å². The molecule has 0 aromatic heterocycles. The van der Waals surface area contributed by atoms with E-state index in [1.54, 1.807) is 36.4 Å². The van der Waals surface area contributed by atoms with Gasteiger partial charge in [0.15, 0.2) is 0 Å². The SMILES string of the molecule is O=S(=O)(Nc1ccc2cc(Br)ccc2c1)c1ccccc1. The summed E-state index contributed by atoms with van der Waals surface area (Å²) in [5.41, 5.74) is 0.550. The summed E-state index contributed by atoms with van der Waals surface area (Å²) in [6, 6.07) is 19.7. The van der Waals surface area contributed by atoms with E-state index in [1.165, 1.54) is 0 Å². The van der Waals surface area contributed by atoms with Gasteiger partial charge in [0, 0.05) is 10.2 Å². The molecule has 0 unspecified atom stereocenters. The molecule has 1 N–H and O–H groups in total. The molecule has 0 saturated carbocycles. The second-order valence-corrected chi connectivity index (χ2v) is 7.22. The lowest BCUT2D eigenvalue weighted by Crippen LogP contribution is -2.12. The van der Waals surface area contributed by atoms with E-state index in [4.69, 9.17) is 0 Å². The largest absolute Gasteiger partial charge is 0.280 e. The number of hydrogen-bond acceptors (Lipinski definition) is 2. The maximum absolute atomic E-state index is 12.3. The van der Waals surface area contributed by atoms with Crippen molar-refractivity contribution in [2.24, 2.45) is 0 Å². The minimum Gasteiger partial charge on any atom is -0.280 e. The summed E-state index contributed by atoms with van der Waals surface area (Å²) in [5, 5.41) is 2.03. The monoisotopic (exact) mass is 361 g/mol. The van der Waals surface area contributed by atoms with Crippen molar-refractivity contribution in [1.29, 1.82) is 0 Å². The summed E-state index contributed by atoms with van der Waals surface area (Å²) in [6.45, 7) is 0. The molecular formula is C16H12BrNO2S. The van der Waals surface area contributed by atoms with E-state index in [-0.39, 0.29) is 4.90 Å². The van der Waals surface area contributed by atoms with Crippen LogP contribution in [0, 0.1) is 0 Å². The first-order chi connectivity index (χ1) is 10.0. The number of anilines is 1. The van der Waals surface area contributed by atoms with Crippen LogP contribution >= 0.6 is 15.9 Å². The first kappa shape index (κ1) is 14.1. The van der Waals surface area contributed by atoms with Gasteiger partial charge in [0.2, 0.25) is 0 Å². The minimum atomic E-state index is -3.55. The average Bonchev–Trinajstić information content (AvgIpc) is 2.48. The van der Waals surface area contributed by atoms with Crippen LogP contribution in [0.4, 0.5) is 5.69 Å². The molecule has 0 amide bonds. The van der Waals surface area contributed by atoms with Crippen LogP contribution in [0.3, 0.4) is 0 Å². The molecule has 0 aliphatic carbocycles. The van der Waals surface area contributed by atoms with Crippen LogP contribution in [0.25, 0.3) is 10.8 Å². The Morgan fingerprint density at radius 3 is 2.24 bits per heavy atom.